The number of allylic oxidation sites excluding steroid dienone is 3. The molecule has 54 heavy (non-hydrogen) atoms. The van der Waals surface area contributed by atoms with Gasteiger partial charge in [0.05, 0.1) is 43.5 Å². The van der Waals surface area contributed by atoms with Crippen LogP contribution in [0.1, 0.15) is 91.5 Å². The van der Waals surface area contributed by atoms with Crippen LogP contribution in [0.3, 0.4) is 0 Å². The lowest BCUT2D eigenvalue weighted by Crippen LogP contribution is -2.54. The smallest absolute Gasteiger partial charge is 0.407 e. The number of nitrogens with one attached hydrogen (secondary N) is 2. The van der Waals surface area contributed by atoms with Crippen LogP contribution in [0.4, 0.5) is 4.79 Å². The van der Waals surface area contributed by atoms with E-state index in [-0.39, 0.29) is 79.8 Å². The number of alkyl carbamates (subject to hydrolysis) is 1. The standard InChI is InChI=1S/C40H51N3O11/c1-23-19-26-9-8-24(2)29(11-10-28-21-27(44)22-34(46)53-28)35(26)32(20-23)54-40(50)41-14-16-52-18-17-51-15-4-6-25-5-3-7-30-36(25)39(49)43(38(30)48)31-12-13-33(45)42-37(31)47/h3,5,7-9,19,23-24,27-29,31-32,35,44H,4,6,10-18,20-22H2,1-2H3,(H,41,50)(H,42,45,47)/t23-,24-,27+,28+,29-,31?,32-,35-/m0/s1. The molecule has 1 aromatic rings. The Hall–Kier alpha value is -4.40. The Labute approximate surface area is 315 Å². The van der Waals surface area contributed by atoms with E-state index in [2.05, 4.69) is 42.7 Å². The second-order valence-electron chi connectivity index (χ2n) is 15.1. The van der Waals surface area contributed by atoms with E-state index in [0.717, 1.165) is 11.3 Å². The van der Waals surface area contributed by atoms with Crippen LogP contribution in [0.5, 0.6) is 0 Å². The first-order valence-corrected chi connectivity index (χ1v) is 19.2. The number of fused-ring (bicyclic) bond motifs is 2. The van der Waals surface area contributed by atoms with E-state index >= 15 is 0 Å². The van der Waals surface area contributed by atoms with Crippen molar-refractivity contribution in [1.29, 1.82) is 0 Å². The van der Waals surface area contributed by atoms with Gasteiger partial charge in [-0.15, -0.1) is 0 Å². The van der Waals surface area contributed by atoms with Crippen molar-refractivity contribution in [2.24, 2.45) is 23.7 Å². The molecule has 1 unspecified atom stereocenters. The highest BCUT2D eigenvalue weighted by Gasteiger charge is 2.46. The SMILES string of the molecule is C[C@H]1C=C2C=C[C@H](C)[C@H](CC[C@@H]3C[C@@H](O)CC(=O)O3)[C@H]2[C@@H](OC(=O)NCCOCCOCCCc2cccc3c2C(=O)N(C2CCC(=O)NC2=O)C3=O)C1. The highest BCUT2D eigenvalue weighted by molar-refractivity contribution is 6.24. The van der Waals surface area contributed by atoms with Crippen LogP contribution in [-0.2, 0) is 39.8 Å². The summed E-state index contributed by atoms with van der Waals surface area (Å²) in [6, 6.07) is 4.08. The Morgan fingerprint density at radius 3 is 2.59 bits per heavy atom. The zero-order valence-corrected chi connectivity index (χ0v) is 31.0. The van der Waals surface area contributed by atoms with Crippen molar-refractivity contribution < 1.29 is 52.8 Å². The van der Waals surface area contributed by atoms with Crippen molar-refractivity contribution >= 4 is 35.7 Å². The number of aryl methyl sites for hydroxylation is 1. The van der Waals surface area contributed by atoms with Crippen LogP contribution in [0.25, 0.3) is 0 Å². The van der Waals surface area contributed by atoms with Crippen LogP contribution in [0, 0.1) is 23.7 Å². The predicted molar refractivity (Wildman–Crippen MR) is 193 cm³/mol. The van der Waals surface area contributed by atoms with E-state index in [9.17, 15) is 33.9 Å². The van der Waals surface area contributed by atoms with Gasteiger partial charge in [-0.05, 0) is 73.5 Å². The van der Waals surface area contributed by atoms with E-state index in [4.69, 9.17) is 18.9 Å². The largest absolute Gasteiger partial charge is 0.462 e. The number of hydrogen-bond acceptors (Lipinski definition) is 11. The number of hydrogen-bond donors (Lipinski definition) is 3. The highest BCUT2D eigenvalue weighted by Crippen LogP contribution is 2.45. The van der Waals surface area contributed by atoms with Crippen molar-refractivity contribution in [3.8, 4) is 0 Å². The molecule has 8 atom stereocenters. The maximum absolute atomic E-state index is 13.3. The van der Waals surface area contributed by atoms with Gasteiger partial charge >= 0.3 is 12.1 Å². The molecule has 5 amide bonds. The molecule has 2 saturated heterocycles. The van der Waals surface area contributed by atoms with Gasteiger partial charge in [0.1, 0.15) is 18.2 Å². The predicted octanol–water partition coefficient (Wildman–Crippen LogP) is 3.40. The van der Waals surface area contributed by atoms with Crippen molar-refractivity contribution in [1.82, 2.24) is 15.5 Å². The van der Waals surface area contributed by atoms with Crippen LogP contribution in [-0.4, -0.2) is 103 Å². The Morgan fingerprint density at radius 1 is 1.02 bits per heavy atom. The molecule has 14 heteroatoms. The fourth-order valence-corrected chi connectivity index (χ4v) is 8.52. The third-order valence-corrected chi connectivity index (χ3v) is 11.1. The monoisotopic (exact) mass is 749 g/mol. The van der Waals surface area contributed by atoms with E-state index in [1.165, 1.54) is 5.57 Å². The van der Waals surface area contributed by atoms with E-state index in [1.807, 2.05) is 0 Å². The third-order valence-electron chi connectivity index (χ3n) is 11.1. The van der Waals surface area contributed by atoms with Gasteiger partial charge in [0, 0.05) is 31.9 Å². The average Bonchev–Trinajstić information content (AvgIpc) is 3.37. The molecule has 292 valence electrons. The van der Waals surface area contributed by atoms with E-state index < -0.39 is 41.9 Å². The molecule has 0 spiro atoms. The Morgan fingerprint density at radius 2 is 1.81 bits per heavy atom. The van der Waals surface area contributed by atoms with Crippen LogP contribution in [0.15, 0.2) is 42.0 Å². The molecule has 14 nitrogen and oxygen atoms in total. The summed E-state index contributed by atoms with van der Waals surface area (Å²) in [5.74, 6) is -1.73. The number of aliphatic hydroxyl groups excluding tert-OH is 1. The highest BCUT2D eigenvalue weighted by atomic mass is 16.6. The minimum absolute atomic E-state index is 0.0304. The van der Waals surface area contributed by atoms with Crippen LogP contribution < -0.4 is 10.6 Å². The molecule has 2 fully saturated rings. The summed E-state index contributed by atoms with van der Waals surface area (Å²) in [6.07, 6.45) is 8.73. The van der Waals surface area contributed by atoms with Crippen LogP contribution >= 0.6 is 0 Å². The molecule has 3 heterocycles. The first-order chi connectivity index (χ1) is 26.0. The molecule has 3 N–H and O–H groups in total. The van der Waals surface area contributed by atoms with Crippen molar-refractivity contribution in [2.45, 2.75) is 96.0 Å². The lowest BCUT2D eigenvalue weighted by Gasteiger charge is -2.43. The van der Waals surface area contributed by atoms with Gasteiger partial charge in [0.15, 0.2) is 0 Å². The molecule has 0 radical (unpaired) electrons. The molecule has 5 aliphatic rings. The number of rotatable bonds is 15. The molecule has 6 rings (SSSR count). The fraction of sp³-hybridized carbons (Fsp3) is 0.600. The number of cyclic esters (lactones) is 1. The minimum Gasteiger partial charge on any atom is -0.462 e. The van der Waals surface area contributed by atoms with E-state index in [1.54, 1.807) is 18.2 Å². The number of piperidine rings is 1. The second-order valence-corrected chi connectivity index (χ2v) is 15.1. The molecule has 0 saturated carbocycles. The summed E-state index contributed by atoms with van der Waals surface area (Å²) in [5, 5.41) is 15.1. The summed E-state index contributed by atoms with van der Waals surface area (Å²) >= 11 is 0. The summed E-state index contributed by atoms with van der Waals surface area (Å²) in [7, 11) is 0. The van der Waals surface area contributed by atoms with Gasteiger partial charge in [-0.2, -0.15) is 0 Å². The molecular weight excluding hydrogens is 698 g/mol. The number of amides is 5. The number of ether oxygens (including phenoxy) is 4. The number of aliphatic hydroxyl groups is 1. The maximum Gasteiger partial charge on any atom is 0.407 e. The normalized spacial score (nSPS) is 29.3. The third kappa shape index (κ3) is 9.27. The summed E-state index contributed by atoms with van der Waals surface area (Å²) < 4.78 is 22.9. The van der Waals surface area contributed by atoms with E-state index in [0.29, 0.717) is 63.1 Å². The quantitative estimate of drug-likeness (QED) is 0.136. The summed E-state index contributed by atoms with van der Waals surface area (Å²) in [6.45, 7) is 5.88. The molecule has 2 aliphatic carbocycles. The maximum atomic E-state index is 13.3. The Kier molecular flexibility index (Phi) is 13.0. The molecule has 0 aromatic heterocycles. The van der Waals surface area contributed by atoms with Gasteiger partial charge in [-0.1, -0.05) is 44.2 Å². The van der Waals surface area contributed by atoms with Gasteiger partial charge in [0.2, 0.25) is 11.8 Å². The second kappa shape index (κ2) is 17.8. The zero-order valence-electron chi connectivity index (χ0n) is 31.0. The summed E-state index contributed by atoms with van der Waals surface area (Å²) in [4.78, 5) is 76.0. The van der Waals surface area contributed by atoms with Gasteiger partial charge in [-0.3, -0.25) is 34.2 Å². The van der Waals surface area contributed by atoms with Gasteiger partial charge < -0.3 is 29.4 Å². The first kappa shape index (κ1) is 39.3. The minimum atomic E-state index is -1.01. The number of esters is 1. The Balaban J connectivity index is 0.878. The zero-order chi connectivity index (χ0) is 38.4. The topological polar surface area (TPSA) is 187 Å². The van der Waals surface area contributed by atoms with Gasteiger partial charge in [0.25, 0.3) is 11.8 Å². The molecule has 3 aliphatic heterocycles. The fourth-order valence-electron chi connectivity index (χ4n) is 8.52. The number of imide groups is 2. The lowest BCUT2D eigenvalue weighted by molar-refractivity contribution is -0.160. The average molecular weight is 750 g/mol. The van der Waals surface area contributed by atoms with Crippen molar-refractivity contribution in [2.75, 3.05) is 33.0 Å². The van der Waals surface area contributed by atoms with Crippen molar-refractivity contribution in [3.05, 3.63) is 58.7 Å². The first-order valence-electron chi connectivity index (χ1n) is 19.2. The van der Waals surface area contributed by atoms with Crippen LogP contribution in [0.2, 0.25) is 0 Å². The number of nitrogens with zero attached hydrogens (tertiary/aromatic N) is 1. The Bertz CT molecular complexity index is 1670. The molecular formula is C40H51N3O11. The molecule has 0 bridgehead atoms. The molecule has 1 aromatic carbocycles. The lowest BCUT2D eigenvalue weighted by atomic mass is 9.65. The van der Waals surface area contributed by atoms with Gasteiger partial charge in [-0.25, -0.2) is 4.79 Å². The summed E-state index contributed by atoms with van der Waals surface area (Å²) in [5.41, 5.74) is 2.43. The number of carbonyl (C=O) groups is 6. The number of benzene rings is 1. The van der Waals surface area contributed by atoms with Crippen molar-refractivity contribution in [3.63, 3.8) is 0 Å². The number of carbonyl (C=O) groups excluding carboxylic acids is 6.